The fourth-order valence-corrected chi connectivity index (χ4v) is 10.2. The predicted octanol–water partition coefficient (Wildman–Crippen LogP) is 22.3. The second-order valence-electron chi connectivity index (χ2n) is 22.3. The summed E-state index contributed by atoms with van der Waals surface area (Å²) in [6.07, 6.45) is 94.6. The van der Waals surface area contributed by atoms with E-state index in [1.165, 1.54) is 167 Å². The molecule has 0 aromatic carbocycles. The first-order valence-corrected chi connectivity index (χ1v) is 35.5. The number of phosphoric acid groups is 1. The molecule has 0 aliphatic heterocycles. The maximum Gasteiger partial charge on any atom is 0.472 e. The molecule has 0 spiro atoms. The zero-order chi connectivity index (χ0) is 60.1. The van der Waals surface area contributed by atoms with Gasteiger partial charge in [-0.05, 0) is 103 Å². The van der Waals surface area contributed by atoms with Crippen LogP contribution in [0.5, 0.6) is 0 Å². The number of phosphoric ester groups is 1. The Kier molecular flexibility index (Phi) is 64.6. The van der Waals surface area contributed by atoms with Crippen molar-refractivity contribution < 1.29 is 37.6 Å². The van der Waals surface area contributed by atoms with E-state index >= 15 is 0 Å². The van der Waals surface area contributed by atoms with E-state index in [1.54, 1.807) is 0 Å². The highest BCUT2D eigenvalue weighted by atomic mass is 31.2. The highest BCUT2D eigenvalue weighted by Crippen LogP contribution is 2.43. The first-order chi connectivity index (χ1) is 40.8. The molecule has 0 aliphatic carbocycles. The maximum absolute atomic E-state index is 12.7. The average Bonchev–Trinajstić information content (AvgIpc) is 3.49. The van der Waals surface area contributed by atoms with Gasteiger partial charge in [-0.1, -0.05) is 302 Å². The lowest BCUT2D eigenvalue weighted by atomic mass is 10.0. The summed E-state index contributed by atoms with van der Waals surface area (Å²) in [5.41, 5.74) is 5.39. The van der Waals surface area contributed by atoms with Crippen LogP contribution >= 0.6 is 7.82 Å². The van der Waals surface area contributed by atoms with Gasteiger partial charge in [0.2, 0.25) is 0 Å². The third kappa shape index (κ3) is 67.4. The van der Waals surface area contributed by atoms with E-state index in [4.69, 9.17) is 24.3 Å². The van der Waals surface area contributed by atoms with Crippen molar-refractivity contribution in [1.82, 2.24) is 0 Å². The van der Waals surface area contributed by atoms with Gasteiger partial charge >= 0.3 is 19.8 Å². The minimum Gasteiger partial charge on any atom is -0.462 e. The Balaban J connectivity index is 3.82. The lowest BCUT2D eigenvalue weighted by Gasteiger charge is -2.19. The van der Waals surface area contributed by atoms with Gasteiger partial charge in [-0.3, -0.25) is 18.6 Å². The number of rotatable bonds is 63. The lowest BCUT2D eigenvalue weighted by molar-refractivity contribution is -0.161. The summed E-state index contributed by atoms with van der Waals surface area (Å²) in [5, 5.41) is 0. The molecular formula is C73H126NO8P. The summed E-state index contributed by atoms with van der Waals surface area (Å²) in [6.45, 7) is 3.48. The van der Waals surface area contributed by atoms with Crippen molar-refractivity contribution in [1.29, 1.82) is 0 Å². The van der Waals surface area contributed by atoms with Crippen molar-refractivity contribution in [2.45, 2.75) is 302 Å². The molecule has 83 heavy (non-hydrogen) atoms. The molecule has 0 radical (unpaired) electrons. The van der Waals surface area contributed by atoms with Crippen LogP contribution in [-0.4, -0.2) is 49.3 Å². The van der Waals surface area contributed by atoms with Crippen LogP contribution in [0, 0.1) is 0 Å². The van der Waals surface area contributed by atoms with Crippen LogP contribution in [0.2, 0.25) is 0 Å². The zero-order valence-corrected chi connectivity index (χ0v) is 54.3. The molecule has 0 fully saturated rings. The number of hydrogen-bond donors (Lipinski definition) is 2. The van der Waals surface area contributed by atoms with Crippen molar-refractivity contribution in [3.8, 4) is 0 Å². The van der Waals surface area contributed by atoms with Gasteiger partial charge in [0.25, 0.3) is 0 Å². The summed E-state index contributed by atoms with van der Waals surface area (Å²) in [7, 11) is -4.41. The molecule has 0 aromatic heterocycles. The second-order valence-corrected chi connectivity index (χ2v) is 23.7. The van der Waals surface area contributed by atoms with Crippen LogP contribution < -0.4 is 5.73 Å². The van der Waals surface area contributed by atoms with Gasteiger partial charge < -0.3 is 20.1 Å². The normalized spacial score (nSPS) is 13.7. The first-order valence-electron chi connectivity index (χ1n) is 34.0. The molecule has 0 saturated heterocycles. The molecule has 0 amide bonds. The van der Waals surface area contributed by atoms with E-state index in [0.717, 1.165) is 96.3 Å². The Hall–Kier alpha value is -3.59. The standard InChI is InChI=1S/C73H126NO8P/c1-3-5-7-9-11-13-15-17-19-21-23-25-26-27-28-29-30-31-32-33-34-35-36-37-38-39-40-41-42-43-44-46-47-49-51-53-55-57-59-61-63-65-72(75)79-69-71(70-81-83(77,78)80-68-67-74)82-73(76)66-64-62-60-58-56-54-52-50-48-45-24-22-20-18-16-14-12-10-8-6-4-2/h5-8,11-14,17-20,23-25,45,50,52,56,58,71H,3-4,9-10,15-16,21-22,26-44,46-49,51,53-55,57,59-70,74H2,1-2H3,(H,77,78)/b7-5-,8-6-,13-11-,14-12-,19-17-,20-18-,25-23-,45-24-,52-50-,58-56-. The summed E-state index contributed by atoms with van der Waals surface area (Å²) in [4.78, 5) is 35.3. The van der Waals surface area contributed by atoms with Crippen molar-refractivity contribution in [3.05, 3.63) is 122 Å². The molecule has 0 heterocycles. The van der Waals surface area contributed by atoms with E-state index in [1.807, 2.05) is 0 Å². The van der Waals surface area contributed by atoms with Gasteiger partial charge in [0.05, 0.1) is 13.2 Å². The van der Waals surface area contributed by atoms with Gasteiger partial charge in [0.1, 0.15) is 6.61 Å². The predicted molar refractivity (Wildman–Crippen MR) is 358 cm³/mol. The van der Waals surface area contributed by atoms with Gasteiger partial charge in [0, 0.05) is 19.4 Å². The summed E-state index contributed by atoms with van der Waals surface area (Å²) in [6, 6.07) is 0. The molecule has 0 bridgehead atoms. The van der Waals surface area contributed by atoms with E-state index in [-0.39, 0.29) is 32.6 Å². The number of carbonyl (C=O) groups is 2. The molecule has 476 valence electrons. The van der Waals surface area contributed by atoms with Crippen LogP contribution in [0.3, 0.4) is 0 Å². The average molecular weight is 1180 g/mol. The molecule has 0 saturated carbocycles. The number of carbonyl (C=O) groups excluding carboxylic acids is 2. The smallest absolute Gasteiger partial charge is 0.462 e. The zero-order valence-electron chi connectivity index (χ0n) is 53.4. The maximum atomic E-state index is 12.7. The third-order valence-corrected chi connectivity index (χ3v) is 15.3. The molecule has 2 unspecified atom stereocenters. The molecule has 3 N–H and O–H groups in total. The minimum absolute atomic E-state index is 0.0421. The van der Waals surface area contributed by atoms with Gasteiger partial charge in [-0.15, -0.1) is 0 Å². The number of unbranched alkanes of at least 4 members (excludes halogenated alkanes) is 30. The van der Waals surface area contributed by atoms with Crippen molar-refractivity contribution in [2.75, 3.05) is 26.4 Å². The summed E-state index contributed by atoms with van der Waals surface area (Å²) in [5.74, 6) is -0.875. The quantitative estimate of drug-likeness (QED) is 0.0264. The number of esters is 2. The van der Waals surface area contributed by atoms with Crippen LogP contribution in [-0.2, 0) is 32.7 Å². The van der Waals surface area contributed by atoms with Crippen LogP contribution in [0.4, 0.5) is 0 Å². The van der Waals surface area contributed by atoms with E-state index in [9.17, 15) is 19.0 Å². The summed E-state index contributed by atoms with van der Waals surface area (Å²) < 4.78 is 33.1. The van der Waals surface area contributed by atoms with Crippen molar-refractivity contribution in [3.63, 3.8) is 0 Å². The topological polar surface area (TPSA) is 134 Å². The lowest BCUT2D eigenvalue weighted by Crippen LogP contribution is -2.29. The fraction of sp³-hybridized carbons (Fsp3) is 0.699. The highest BCUT2D eigenvalue weighted by Gasteiger charge is 2.26. The van der Waals surface area contributed by atoms with E-state index < -0.39 is 32.5 Å². The Labute approximate surface area is 511 Å². The monoisotopic (exact) mass is 1180 g/mol. The van der Waals surface area contributed by atoms with Crippen LogP contribution in [0.1, 0.15) is 296 Å². The SMILES string of the molecule is CC/C=C\C/C=C\C/C=C\C/C=C\C/C=C\C/C=C\CCCCC(=O)OC(COC(=O)CCCCCCCCCCCCCCCCCCCCCCCCCCCCCC/C=C\C/C=C\C/C=C\C/C=C\CC)COP(=O)(O)OCCN. The Bertz CT molecular complexity index is 1770. The Morgan fingerprint density at radius 1 is 0.361 bits per heavy atom. The molecule has 2 atom stereocenters. The number of ether oxygens (including phenoxy) is 2. The van der Waals surface area contributed by atoms with E-state index in [2.05, 4.69) is 135 Å². The molecule has 0 aliphatic rings. The van der Waals surface area contributed by atoms with Crippen LogP contribution in [0.15, 0.2) is 122 Å². The first kappa shape index (κ1) is 79.4. The van der Waals surface area contributed by atoms with Crippen molar-refractivity contribution in [2.24, 2.45) is 5.73 Å². The van der Waals surface area contributed by atoms with E-state index in [0.29, 0.717) is 6.42 Å². The second kappa shape index (κ2) is 67.5. The van der Waals surface area contributed by atoms with Crippen molar-refractivity contribution >= 4 is 19.8 Å². The fourth-order valence-electron chi connectivity index (χ4n) is 9.40. The van der Waals surface area contributed by atoms with Gasteiger partial charge in [-0.2, -0.15) is 0 Å². The Morgan fingerprint density at radius 3 is 0.952 bits per heavy atom. The van der Waals surface area contributed by atoms with Crippen LogP contribution in [0.25, 0.3) is 0 Å². The molecule has 10 heteroatoms. The van der Waals surface area contributed by atoms with Gasteiger partial charge in [0.15, 0.2) is 6.10 Å². The molecule has 9 nitrogen and oxygen atoms in total. The number of allylic oxidation sites excluding steroid dienone is 20. The van der Waals surface area contributed by atoms with Gasteiger partial charge in [-0.25, -0.2) is 4.57 Å². The third-order valence-electron chi connectivity index (χ3n) is 14.3. The molecule has 0 rings (SSSR count). The Morgan fingerprint density at radius 2 is 0.627 bits per heavy atom. The summed E-state index contributed by atoms with van der Waals surface area (Å²) >= 11 is 0. The highest BCUT2D eigenvalue weighted by molar-refractivity contribution is 7.47. The molecule has 0 aromatic rings. The number of hydrogen-bond acceptors (Lipinski definition) is 8. The largest absolute Gasteiger partial charge is 0.472 e. The molecular weight excluding hydrogens is 1050 g/mol. The number of nitrogens with two attached hydrogens (primary N) is 1. The minimum atomic E-state index is -4.41.